The first kappa shape index (κ1) is 19.1. The number of nitrogens with one attached hydrogen (secondary N) is 3. The maximum absolute atomic E-state index is 12.4. The van der Waals surface area contributed by atoms with Crippen LogP contribution in [0.25, 0.3) is 10.9 Å². The van der Waals surface area contributed by atoms with Crippen LogP contribution in [0.2, 0.25) is 0 Å². The third-order valence-corrected chi connectivity index (χ3v) is 5.51. The van der Waals surface area contributed by atoms with Crippen LogP contribution in [0.5, 0.6) is 5.75 Å². The minimum absolute atomic E-state index is 0.0921. The van der Waals surface area contributed by atoms with E-state index in [0.717, 1.165) is 28.0 Å². The summed E-state index contributed by atoms with van der Waals surface area (Å²) in [6, 6.07) is 14.4. The number of aliphatic hydroxyl groups excluding tert-OH is 1. The minimum Gasteiger partial charge on any atom is -0.497 e. The van der Waals surface area contributed by atoms with Crippen molar-refractivity contribution in [3.63, 3.8) is 0 Å². The summed E-state index contributed by atoms with van der Waals surface area (Å²) in [4.78, 5) is 4.72. The number of hydrogen-bond donors (Lipinski definition) is 4. The minimum atomic E-state index is -3.15. The highest BCUT2D eigenvalue weighted by atomic mass is 32.2. The monoisotopic (exact) mass is 386 g/mol. The van der Waals surface area contributed by atoms with E-state index in [1.807, 2.05) is 24.3 Å². The normalized spacial score (nSPS) is 14.5. The highest BCUT2D eigenvalue weighted by Crippen LogP contribution is 2.28. The molecule has 0 aliphatic heterocycles. The smallest absolute Gasteiger partial charge is 0.134 e. The molecule has 1 aromatic heterocycles. The lowest BCUT2D eigenvalue weighted by molar-refractivity contribution is 0.199. The fourth-order valence-corrected chi connectivity index (χ4v) is 3.73. The molecule has 8 heteroatoms. The largest absolute Gasteiger partial charge is 0.497 e. The van der Waals surface area contributed by atoms with Crippen LogP contribution in [-0.4, -0.2) is 34.1 Å². The van der Waals surface area contributed by atoms with Crippen LogP contribution in [0.15, 0.2) is 59.6 Å². The molecule has 0 bridgehead atoms. The second-order valence-electron chi connectivity index (χ2n) is 6.14. The SMILES string of the molecule is COc1ccc2c(Nc3ccc([S@](=N)(=O)NC[C@@H](C)O)cc3)ccnc2c1. The van der Waals surface area contributed by atoms with Crippen LogP contribution in [0.4, 0.5) is 11.4 Å². The van der Waals surface area contributed by atoms with E-state index in [9.17, 15) is 9.32 Å². The number of rotatable bonds is 7. The summed E-state index contributed by atoms with van der Waals surface area (Å²) in [6.45, 7) is 1.67. The Kier molecular flexibility index (Phi) is 5.59. The van der Waals surface area contributed by atoms with Gasteiger partial charge in [0, 0.05) is 35.6 Å². The molecule has 7 nitrogen and oxygen atoms in total. The predicted octanol–water partition coefficient (Wildman–Crippen LogP) is 3.28. The number of hydrogen-bond acceptors (Lipinski definition) is 6. The van der Waals surface area contributed by atoms with Gasteiger partial charge in [-0.15, -0.1) is 0 Å². The van der Waals surface area contributed by atoms with E-state index in [-0.39, 0.29) is 6.54 Å². The molecular formula is C19H22N4O3S. The van der Waals surface area contributed by atoms with Crippen LogP contribution < -0.4 is 14.8 Å². The lowest BCUT2D eigenvalue weighted by Crippen LogP contribution is -2.29. The van der Waals surface area contributed by atoms with Crippen molar-refractivity contribution in [2.24, 2.45) is 0 Å². The lowest BCUT2D eigenvalue weighted by atomic mass is 10.1. The highest BCUT2D eigenvalue weighted by molar-refractivity contribution is 7.90. The number of fused-ring (bicyclic) bond motifs is 1. The Labute approximate surface area is 158 Å². The number of nitrogens with zero attached hydrogens (tertiary/aromatic N) is 1. The first-order valence-electron chi connectivity index (χ1n) is 8.40. The molecule has 0 fully saturated rings. The van der Waals surface area contributed by atoms with E-state index in [2.05, 4.69) is 15.0 Å². The zero-order valence-electron chi connectivity index (χ0n) is 15.1. The fourth-order valence-electron chi connectivity index (χ4n) is 2.57. The Morgan fingerprint density at radius 1 is 1.22 bits per heavy atom. The summed E-state index contributed by atoms with van der Waals surface area (Å²) in [5.41, 5.74) is 2.49. The molecule has 0 amide bonds. The number of aliphatic hydroxyl groups is 1. The molecule has 2 aromatic carbocycles. The van der Waals surface area contributed by atoms with Gasteiger partial charge in [0.15, 0.2) is 0 Å². The molecule has 0 spiro atoms. The molecule has 4 N–H and O–H groups in total. The second-order valence-corrected chi connectivity index (χ2v) is 8.02. The van der Waals surface area contributed by atoms with Crippen molar-refractivity contribution in [3.05, 3.63) is 54.7 Å². The van der Waals surface area contributed by atoms with Crippen LogP contribution in [0, 0.1) is 4.78 Å². The van der Waals surface area contributed by atoms with E-state index in [4.69, 9.17) is 9.52 Å². The van der Waals surface area contributed by atoms with Gasteiger partial charge in [-0.3, -0.25) is 4.98 Å². The van der Waals surface area contributed by atoms with Gasteiger partial charge in [0.05, 0.1) is 23.6 Å². The van der Waals surface area contributed by atoms with Gasteiger partial charge < -0.3 is 15.2 Å². The highest BCUT2D eigenvalue weighted by Gasteiger charge is 2.11. The predicted molar refractivity (Wildman–Crippen MR) is 107 cm³/mol. The molecule has 27 heavy (non-hydrogen) atoms. The van der Waals surface area contributed by atoms with Crippen molar-refractivity contribution in [2.45, 2.75) is 17.9 Å². The van der Waals surface area contributed by atoms with E-state index in [1.54, 1.807) is 44.5 Å². The first-order chi connectivity index (χ1) is 12.9. The van der Waals surface area contributed by atoms with Gasteiger partial charge in [0.2, 0.25) is 0 Å². The van der Waals surface area contributed by atoms with Crippen LogP contribution in [-0.2, 0) is 9.92 Å². The average Bonchev–Trinajstić information content (AvgIpc) is 2.67. The molecule has 3 aromatic rings. The summed E-state index contributed by atoms with van der Waals surface area (Å²) < 4.78 is 28.2. The fraction of sp³-hybridized carbons (Fsp3) is 0.211. The standard InChI is InChI=1S/C19H22N4O3S/c1-13(24)12-22-27(20,25)16-6-3-14(4-7-16)23-18-9-10-21-19-11-15(26-2)5-8-17(18)19/h3-11,13,24H,12H2,1-2H3,(H,21,23)(H2,20,22,25)/t13-,27-/m1/s1. The Balaban J connectivity index is 1.82. The van der Waals surface area contributed by atoms with Crippen molar-refractivity contribution in [3.8, 4) is 5.75 Å². The third kappa shape index (κ3) is 4.54. The zero-order valence-corrected chi connectivity index (χ0v) is 15.9. The molecule has 0 unspecified atom stereocenters. The summed E-state index contributed by atoms with van der Waals surface area (Å²) in [5.74, 6) is 0.742. The Morgan fingerprint density at radius 3 is 2.63 bits per heavy atom. The van der Waals surface area contributed by atoms with Gasteiger partial charge >= 0.3 is 0 Å². The number of ether oxygens (including phenoxy) is 1. The Morgan fingerprint density at radius 2 is 1.96 bits per heavy atom. The molecular weight excluding hydrogens is 364 g/mol. The average molecular weight is 386 g/mol. The second kappa shape index (κ2) is 7.91. The molecule has 0 saturated heterocycles. The van der Waals surface area contributed by atoms with Crippen molar-refractivity contribution < 1.29 is 14.1 Å². The van der Waals surface area contributed by atoms with Gasteiger partial charge in [-0.2, -0.15) is 0 Å². The first-order valence-corrected chi connectivity index (χ1v) is 9.96. The quantitative estimate of drug-likeness (QED) is 0.498. The number of benzene rings is 2. The summed E-state index contributed by atoms with van der Waals surface area (Å²) in [6.07, 6.45) is 1.05. The van der Waals surface area contributed by atoms with Gasteiger partial charge in [-0.25, -0.2) is 13.7 Å². The van der Waals surface area contributed by atoms with Gasteiger partial charge in [-0.05, 0) is 49.4 Å². The number of aromatic nitrogens is 1. The van der Waals surface area contributed by atoms with Crippen LogP contribution in [0.1, 0.15) is 6.92 Å². The zero-order chi connectivity index (χ0) is 19.4. The van der Waals surface area contributed by atoms with E-state index in [0.29, 0.717) is 4.90 Å². The van der Waals surface area contributed by atoms with Crippen molar-refractivity contribution in [1.82, 2.24) is 9.71 Å². The maximum Gasteiger partial charge on any atom is 0.134 e. The summed E-state index contributed by atoms with van der Waals surface area (Å²) >= 11 is 0. The Hall–Kier alpha value is -2.68. The molecule has 0 radical (unpaired) electrons. The van der Waals surface area contributed by atoms with Gasteiger partial charge in [0.1, 0.15) is 15.7 Å². The van der Waals surface area contributed by atoms with Gasteiger partial charge in [0.25, 0.3) is 0 Å². The van der Waals surface area contributed by atoms with Crippen molar-refractivity contribution in [1.29, 1.82) is 4.78 Å². The van der Waals surface area contributed by atoms with E-state index >= 15 is 0 Å². The molecule has 2 atom stereocenters. The molecule has 0 aliphatic rings. The number of methoxy groups -OCH3 is 1. The lowest BCUT2D eigenvalue weighted by Gasteiger charge is -2.13. The van der Waals surface area contributed by atoms with E-state index < -0.39 is 16.0 Å². The summed E-state index contributed by atoms with van der Waals surface area (Å²) in [7, 11) is -1.53. The molecule has 0 aliphatic carbocycles. The number of anilines is 2. The van der Waals surface area contributed by atoms with Crippen molar-refractivity contribution in [2.75, 3.05) is 19.0 Å². The van der Waals surface area contributed by atoms with Crippen LogP contribution >= 0.6 is 0 Å². The topological polar surface area (TPSA) is 107 Å². The van der Waals surface area contributed by atoms with E-state index in [1.165, 1.54) is 0 Å². The van der Waals surface area contributed by atoms with Crippen LogP contribution in [0.3, 0.4) is 0 Å². The molecule has 3 rings (SSSR count). The maximum atomic E-state index is 12.4. The molecule has 0 saturated carbocycles. The van der Waals surface area contributed by atoms with Crippen molar-refractivity contribution >= 4 is 32.2 Å². The molecule has 1 heterocycles. The number of pyridine rings is 1. The van der Waals surface area contributed by atoms with Gasteiger partial charge in [-0.1, -0.05) is 0 Å². The Bertz CT molecular complexity index is 1030. The molecule has 142 valence electrons. The summed E-state index contributed by atoms with van der Waals surface area (Å²) in [5, 5.41) is 13.6. The third-order valence-electron chi connectivity index (χ3n) is 4.00.